The van der Waals surface area contributed by atoms with Crippen molar-refractivity contribution in [3.63, 3.8) is 0 Å². The van der Waals surface area contributed by atoms with Crippen LogP contribution in [0.25, 0.3) is 21.6 Å². The molecule has 1 aromatic carbocycles. The van der Waals surface area contributed by atoms with Gasteiger partial charge in [0.15, 0.2) is 0 Å². The van der Waals surface area contributed by atoms with Crippen molar-refractivity contribution in [3.05, 3.63) is 45.9 Å². The van der Waals surface area contributed by atoms with E-state index in [2.05, 4.69) is 45.1 Å². The molecular weight excluding hydrogens is 772 g/mol. The number of ether oxygens (including phenoxy) is 2. The van der Waals surface area contributed by atoms with E-state index in [0.29, 0.717) is 52.0 Å². The minimum Gasteiger partial charge on any atom is -0.495 e. The number of nitrogens with zero attached hydrogens (tertiary/aromatic N) is 3. The average molecular weight is 818 g/mol. The van der Waals surface area contributed by atoms with Crippen LogP contribution in [0.5, 0.6) is 11.5 Å². The fourth-order valence-electron chi connectivity index (χ4n) is 6.12. The predicted octanol–water partition coefficient (Wildman–Crippen LogP) is 5.65. The molecule has 0 spiro atoms. The summed E-state index contributed by atoms with van der Waals surface area (Å²) < 4.78 is 39.8. The van der Waals surface area contributed by atoms with Crippen molar-refractivity contribution in [3.8, 4) is 22.2 Å². The number of carbonyl (C=O) groups is 3. The molecule has 2 fully saturated rings. The van der Waals surface area contributed by atoms with Gasteiger partial charge in [0.2, 0.25) is 15.9 Å². The Balaban J connectivity index is 1.27. The highest BCUT2D eigenvalue weighted by molar-refractivity contribution is 9.10. The highest BCUT2D eigenvalue weighted by atomic mass is 79.9. The largest absolute Gasteiger partial charge is 0.495 e. The third kappa shape index (κ3) is 7.79. The molecule has 52 heavy (non-hydrogen) atoms. The zero-order chi connectivity index (χ0) is 37.4. The van der Waals surface area contributed by atoms with Gasteiger partial charge in [0.1, 0.15) is 33.8 Å². The van der Waals surface area contributed by atoms with Gasteiger partial charge < -0.3 is 25.0 Å². The van der Waals surface area contributed by atoms with Gasteiger partial charge in [0.05, 0.1) is 34.1 Å². The summed E-state index contributed by atoms with van der Waals surface area (Å²) in [4.78, 5) is 52.2. The molecule has 16 heteroatoms. The molecule has 2 unspecified atom stereocenters. The zero-order valence-corrected chi connectivity index (χ0v) is 33.2. The molecule has 0 bridgehead atoms. The van der Waals surface area contributed by atoms with E-state index in [1.54, 1.807) is 27.1 Å². The average Bonchev–Trinajstić information content (AvgIpc) is 3.96. The fraction of sp³-hybridized carbons (Fsp3) is 0.528. The molecule has 0 radical (unpaired) electrons. The van der Waals surface area contributed by atoms with E-state index in [4.69, 9.17) is 19.4 Å². The molecule has 2 aromatic heterocycles. The van der Waals surface area contributed by atoms with Crippen LogP contribution in [-0.4, -0.2) is 84.8 Å². The van der Waals surface area contributed by atoms with Gasteiger partial charge in [-0.05, 0) is 79.4 Å². The van der Waals surface area contributed by atoms with E-state index in [0.717, 1.165) is 30.0 Å². The maximum absolute atomic E-state index is 14.0. The highest BCUT2D eigenvalue weighted by Gasteiger charge is 2.62. The molecule has 4 amide bonds. The third-order valence-electron chi connectivity index (χ3n) is 10.1. The summed E-state index contributed by atoms with van der Waals surface area (Å²) in [7, 11) is -0.703. The number of benzene rings is 1. The molecule has 2 saturated carbocycles. The second kappa shape index (κ2) is 14.9. The van der Waals surface area contributed by atoms with Gasteiger partial charge in [-0.15, -0.1) is 11.3 Å². The van der Waals surface area contributed by atoms with E-state index in [1.165, 1.54) is 16.2 Å². The van der Waals surface area contributed by atoms with Gasteiger partial charge >= 0.3 is 6.03 Å². The van der Waals surface area contributed by atoms with Crippen LogP contribution in [0.2, 0.25) is 0 Å². The molecule has 13 nitrogen and oxygen atoms in total. The minimum absolute atomic E-state index is 0.00859. The molecule has 3 heterocycles. The molecule has 1 aliphatic heterocycles. The third-order valence-corrected chi connectivity index (χ3v) is 13.9. The van der Waals surface area contributed by atoms with Crippen molar-refractivity contribution in [2.75, 3.05) is 27.3 Å². The lowest BCUT2D eigenvalue weighted by atomic mass is 10.1. The standard InChI is InChI=1S/C36H45BrN6O7S2/c1-21(2)26-20-51-32(39-26)25-18-28(23-11-12-27(49-5)29(37)30(23)38-25)50-17-13-24-31(44)41-36(33(45)42-52(47,48)35(3)14-15-35)19-22(36)10-8-6-7-9-16-43(4)34(46)40-24/h8,10-12,18,20-22,24H,6-7,9,13-17,19H2,1-5H3,(H,40,46)(H,41,44)(H,42,45)/b10-8-/t22?,24?,36-/m1/s1. The molecule has 6 rings (SSSR count). The first kappa shape index (κ1) is 38.0. The number of pyridine rings is 1. The normalized spacial score (nSPS) is 23.9. The Morgan fingerprint density at radius 2 is 1.96 bits per heavy atom. The van der Waals surface area contributed by atoms with Crippen LogP contribution in [0.3, 0.4) is 0 Å². The van der Waals surface area contributed by atoms with Gasteiger partial charge in [-0.25, -0.2) is 23.2 Å². The van der Waals surface area contributed by atoms with Crippen LogP contribution in [-0.2, 0) is 19.6 Å². The first-order valence-corrected chi connectivity index (χ1v) is 20.7. The lowest BCUT2D eigenvalue weighted by Gasteiger charge is -2.26. The first-order valence-electron chi connectivity index (χ1n) is 17.5. The van der Waals surface area contributed by atoms with Crippen LogP contribution in [0.15, 0.2) is 40.2 Å². The quantitative estimate of drug-likeness (QED) is 0.219. The smallest absolute Gasteiger partial charge is 0.317 e. The van der Waals surface area contributed by atoms with Gasteiger partial charge in [-0.3, -0.25) is 14.3 Å². The van der Waals surface area contributed by atoms with Crippen molar-refractivity contribution < 1.29 is 32.3 Å². The van der Waals surface area contributed by atoms with Crippen LogP contribution in [0, 0.1) is 5.92 Å². The number of carbonyl (C=O) groups excluding carboxylic acids is 3. The SMILES string of the molecule is COc1ccc2c(OCCC3NC(=O)N(C)CCCC/C=C\C4C[C@@]4(C(=O)NS(=O)(=O)C4(C)CC4)NC3=O)cc(-c3nc(C(C)C)cs3)nc2c1Br. The van der Waals surface area contributed by atoms with Crippen molar-refractivity contribution >= 4 is 66.0 Å². The monoisotopic (exact) mass is 816 g/mol. The molecule has 2 aliphatic carbocycles. The van der Waals surface area contributed by atoms with Gasteiger partial charge in [-0.1, -0.05) is 26.0 Å². The van der Waals surface area contributed by atoms with E-state index < -0.39 is 50.1 Å². The number of rotatable bonds is 10. The number of aromatic nitrogens is 2. The van der Waals surface area contributed by atoms with Crippen molar-refractivity contribution in [1.82, 2.24) is 30.2 Å². The Kier molecular flexibility index (Phi) is 10.9. The maximum atomic E-state index is 14.0. The molecule has 3 atom stereocenters. The Morgan fingerprint density at radius 3 is 2.65 bits per heavy atom. The number of allylic oxidation sites excluding steroid dienone is 1. The van der Waals surface area contributed by atoms with Crippen molar-refractivity contribution in [1.29, 1.82) is 0 Å². The number of thiazole rings is 1. The van der Waals surface area contributed by atoms with Crippen LogP contribution >= 0.6 is 27.3 Å². The molecule has 3 aromatic rings. The summed E-state index contributed by atoms with van der Waals surface area (Å²) in [6.07, 6.45) is 7.33. The van der Waals surface area contributed by atoms with Gasteiger partial charge in [0.25, 0.3) is 5.91 Å². The molecule has 3 aliphatic rings. The highest BCUT2D eigenvalue weighted by Crippen LogP contribution is 2.47. The topological polar surface area (TPSA) is 169 Å². The summed E-state index contributed by atoms with van der Waals surface area (Å²) in [5, 5.41) is 9.11. The summed E-state index contributed by atoms with van der Waals surface area (Å²) >= 11 is 5.12. The number of hydrogen-bond acceptors (Lipinski definition) is 10. The second-order valence-electron chi connectivity index (χ2n) is 14.4. The van der Waals surface area contributed by atoms with E-state index in [9.17, 15) is 22.8 Å². The number of nitrogens with one attached hydrogen (secondary N) is 3. The number of methoxy groups -OCH3 is 1. The van der Waals surface area contributed by atoms with E-state index in [1.807, 2.05) is 29.7 Å². The zero-order valence-electron chi connectivity index (χ0n) is 30.0. The Morgan fingerprint density at radius 1 is 1.19 bits per heavy atom. The number of sulfonamides is 1. The number of urea groups is 1. The first-order chi connectivity index (χ1) is 24.7. The number of halogens is 1. The Bertz CT molecular complexity index is 2010. The molecule has 0 saturated heterocycles. The van der Waals surface area contributed by atoms with Crippen LogP contribution in [0.4, 0.5) is 4.79 Å². The van der Waals surface area contributed by atoms with Crippen LogP contribution < -0.4 is 24.8 Å². The Labute approximate surface area is 316 Å². The van der Waals surface area contributed by atoms with Gasteiger partial charge in [-0.2, -0.15) is 0 Å². The lowest BCUT2D eigenvalue weighted by Crippen LogP contribution is -2.58. The number of fused-ring (bicyclic) bond motifs is 2. The minimum atomic E-state index is -3.94. The van der Waals surface area contributed by atoms with E-state index >= 15 is 0 Å². The molecule has 3 N–H and O–H groups in total. The summed E-state index contributed by atoms with van der Waals surface area (Å²) in [6, 6.07) is 3.91. The summed E-state index contributed by atoms with van der Waals surface area (Å²) in [5.41, 5.74) is 0.703. The van der Waals surface area contributed by atoms with Gasteiger partial charge in [0, 0.05) is 42.8 Å². The molecular formula is C36H45BrN6O7S2. The van der Waals surface area contributed by atoms with E-state index in [-0.39, 0.29) is 25.4 Å². The fourth-order valence-corrected chi connectivity index (χ4v) is 8.97. The number of hydrogen-bond donors (Lipinski definition) is 3. The predicted molar refractivity (Wildman–Crippen MR) is 203 cm³/mol. The Hall–Kier alpha value is -3.76. The van der Waals surface area contributed by atoms with Crippen LogP contribution in [0.1, 0.15) is 77.3 Å². The second-order valence-corrected chi connectivity index (χ2v) is 18.2. The van der Waals surface area contributed by atoms with Crippen molar-refractivity contribution in [2.24, 2.45) is 5.92 Å². The molecule has 280 valence electrons. The summed E-state index contributed by atoms with van der Waals surface area (Å²) in [6.45, 7) is 6.25. The van der Waals surface area contributed by atoms with Crippen molar-refractivity contribution in [2.45, 2.75) is 88.0 Å². The number of amides is 4. The summed E-state index contributed by atoms with van der Waals surface area (Å²) in [5.74, 6) is -0.439. The lowest BCUT2D eigenvalue weighted by molar-refractivity contribution is -0.130. The maximum Gasteiger partial charge on any atom is 0.317 e.